The minimum atomic E-state index is -0.345. The van der Waals surface area contributed by atoms with Gasteiger partial charge in [-0.05, 0) is 61.6 Å². The lowest BCUT2D eigenvalue weighted by molar-refractivity contribution is -0.121. The number of nitrogens with zero attached hydrogens (tertiary/aromatic N) is 2. The molecule has 1 heterocycles. The highest BCUT2D eigenvalue weighted by Crippen LogP contribution is 2.20. The molecule has 7 heteroatoms. The summed E-state index contributed by atoms with van der Waals surface area (Å²) in [6.45, 7) is 6.02. The van der Waals surface area contributed by atoms with E-state index < -0.39 is 0 Å². The molecule has 1 aromatic heterocycles. The number of carbonyl (C=O) groups is 2. The van der Waals surface area contributed by atoms with Crippen LogP contribution in [-0.4, -0.2) is 21.8 Å². The average Bonchev–Trinajstić information content (AvgIpc) is 2.80. The third kappa shape index (κ3) is 7.20. The molecule has 32 heavy (non-hydrogen) atoms. The molecular formula is C25H28N4O2S. The monoisotopic (exact) mass is 448 g/mol. The molecule has 0 atom stereocenters. The third-order valence-corrected chi connectivity index (χ3v) is 5.85. The van der Waals surface area contributed by atoms with Crippen LogP contribution in [0, 0.1) is 13.8 Å². The maximum Gasteiger partial charge on any atom is 0.269 e. The molecule has 0 aliphatic heterocycles. The largest absolute Gasteiger partial charge is 0.273 e. The molecule has 0 spiro atoms. The van der Waals surface area contributed by atoms with E-state index in [2.05, 4.69) is 39.9 Å². The van der Waals surface area contributed by atoms with Gasteiger partial charge in [0.1, 0.15) is 0 Å². The molecule has 0 saturated heterocycles. The first-order chi connectivity index (χ1) is 15.4. The van der Waals surface area contributed by atoms with Gasteiger partial charge in [0.25, 0.3) is 5.91 Å². The molecule has 0 bridgehead atoms. The number of carbonyl (C=O) groups excluding carboxylic acids is 2. The first kappa shape index (κ1) is 23.5. The van der Waals surface area contributed by atoms with E-state index >= 15 is 0 Å². The van der Waals surface area contributed by atoms with Gasteiger partial charge in [0, 0.05) is 29.1 Å². The van der Waals surface area contributed by atoms with Crippen molar-refractivity contribution in [2.45, 2.75) is 50.9 Å². The summed E-state index contributed by atoms with van der Waals surface area (Å²) in [5.74, 6) is 0.141. The summed E-state index contributed by atoms with van der Waals surface area (Å²) in [5.41, 5.74) is 10.8. The molecule has 0 aliphatic carbocycles. The van der Waals surface area contributed by atoms with Gasteiger partial charge in [0.15, 0.2) is 5.16 Å². The van der Waals surface area contributed by atoms with Gasteiger partial charge in [-0.1, -0.05) is 55.1 Å². The first-order valence-corrected chi connectivity index (χ1v) is 11.6. The molecule has 6 nitrogen and oxygen atoms in total. The molecule has 0 radical (unpaired) electrons. The fourth-order valence-electron chi connectivity index (χ4n) is 3.12. The number of benzene rings is 2. The smallest absolute Gasteiger partial charge is 0.269 e. The summed E-state index contributed by atoms with van der Waals surface area (Å²) in [4.78, 5) is 33.2. The Bertz CT molecular complexity index is 1050. The van der Waals surface area contributed by atoms with Gasteiger partial charge in [-0.3, -0.25) is 20.4 Å². The molecular weight excluding hydrogens is 420 g/mol. The predicted molar refractivity (Wildman–Crippen MR) is 127 cm³/mol. The number of aryl methyl sites for hydroxylation is 4. The quantitative estimate of drug-likeness (QED) is 0.304. The summed E-state index contributed by atoms with van der Waals surface area (Å²) in [6.07, 6.45) is 1.93. The van der Waals surface area contributed by atoms with Crippen LogP contribution in [0.4, 0.5) is 0 Å². The van der Waals surface area contributed by atoms with Crippen LogP contribution in [0.15, 0.2) is 59.8 Å². The molecule has 0 aliphatic rings. The van der Waals surface area contributed by atoms with E-state index in [9.17, 15) is 9.59 Å². The van der Waals surface area contributed by atoms with Gasteiger partial charge < -0.3 is 0 Å². The maximum absolute atomic E-state index is 12.3. The average molecular weight is 449 g/mol. The Morgan fingerprint density at radius 2 is 1.44 bits per heavy atom. The lowest BCUT2D eigenvalue weighted by Gasteiger charge is -2.08. The van der Waals surface area contributed by atoms with Gasteiger partial charge >= 0.3 is 0 Å². The van der Waals surface area contributed by atoms with Crippen LogP contribution in [0.25, 0.3) is 0 Å². The fourth-order valence-corrected chi connectivity index (χ4v) is 4.02. The zero-order chi connectivity index (χ0) is 22.9. The number of hydrogen-bond donors (Lipinski definition) is 2. The van der Waals surface area contributed by atoms with Crippen molar-refractivity contribution in [2.75, 3.05) is 0 Å². The van der Waals surface area contributed by atoms with Gasteiger partial charge in [-0.15, -0.1) is 0 Å². The highest BCUT2D eigenvalue weighted by Gasteiger charge is 2.09. The molecule has 2 N–H and O–H groups in total. The van der Waals surface area contributed by atoms with E-state index in [1.54, 1.807) is 23.9 Å². The Balaban J connectivity index is 1.43. The number of aromatic nitrogens is 2. The minimum Gasteiger partial charge on any atom is -0.273 e. The lowest BCUT2D eigenvalue weighted by Crippen LogP contribution is -2.41. The molecule has 3 rings (SSSR count). The normalized spacial score (nSPS) is 10.6. The van der Waals surface area contributed by atoms with E-state index in [0.29, 0.717) is 24.2 Å². The van der Waals surface area contributed by atoms with Crippen LogP contribution in [0.1, 0.15) is 51.8 Å². The van der Waals surface area contributed by atoms with Crippen LogP contribution >= 0.6 is 11.8 Å². The molecule has 0 unspecified atom stereocenters. The summed E-state index contributed by atoms with van der Waals surface area (Å²) >= 11 is 1.56. The minimum absolute atomic E-state index is 0.223. The fraction of sp³-hybridized carbons (Fsp3) is 0.280. The van der Waals surface area contributed by atoms with Gasteiger partial charge in [0.05, 0.1) is 0 Å². The van der Waals surface area contributed by atoms with E-state index in [1.807, 2.05) is 44.2 Å². The molecule has 2 aromatic carbocycles. The van der Waals surface area contributed by atoms with E-state index in [-0.39, 0.29) is 11.8 Å². The zero-order valence-electron chi connectivity index (χ0n) is 18.6. The lowest BCUT2D eigenvalue weighted by atomic mass is 10.1. The third-order valence-electron chi connectivity index (χ3n) is 4.93. The Morgan fingerprint density at radius 3 is 2.06 bits per heavy atom. The second kappa shape index (κ2) is 11.4. The Labute approximate surface area is 193 Å². The van der Waals surface area contributed by atoms with Crippen molar-refractivity contribution < 1.29 is 9.59 Å². The van der Waals surface area contributed by atoms with Gasteiger partial charge in [-0.25, -0.2) is 9.97 Å². The number of thioether (sulfide) groups is 1. The topological polar surface area (TPSA) is 84.0 Å². The van der Waals surface area contributed by atoms with Crippen LogP contribution in [0.3, 0.4) is 0 Å². The number of hydrogen-bond acceptors (Lipinski definition) is 5. The van der Waals surface area contributed by atoms with Crippen LogP contribution < -0.4 is 10.9 Å². The summed E-state index contributed by atoms with van der Waals surface area (Å²) in [6, 6.07) is 17.5. The van der Waals surface area contributed by atoms with E-state index in [1.165, 1.54) is 5.56 Å². The van der Waals surface area contributed by atoms with Crippen molar-refractivity contribution in [3.63, 3.8) is 0 Å². The zero-order valence-corrected chi connectivity index (χ0v) is 19.5. The van der Waals surface area contributed by atoms with Crippen LogP contribution in [-0.2, 0) is 23.4 Å². The molecule has 3 aromatic rings. The first-order valence-electron chi connectivity index (χ1n) is 10.6. The molecule has 2 amide bonds. The van der Waals surface area contributed by atoms with Crippen molar-refractivity contribution >= 4 is 23.6 Å². The highest BCUT2D eigenvalue weighted by atomic mass is 32.2. The standard InChI is InChI=1S/C25H28N4O2S/c1-4-19-5-7-20(8-6-19)11-14-23(30)28-29-24(31)22-12-9-21(10-13-22)16-32-25-26-17(2)15-18(3)27-25/h5-10,12-13,15H,4,11,14,16H2,1-3H3,(H,28,30)(H,29,31). The second-order valence-corrected chi connectivity index (χ2v) is 8.53. The molecule has 166 valence electrons. The number of nitrogens with one attached hydrogen (secondary N) is 2. The second-order valence-electron chi connectivity index (χ2n) is 7.59. The SMILES string of the molecule is CCc1ccc(CCC(=O)NNC(=O)c2ccc(CSc3nc(C)cc(C)n3)cc2)cc1. The highest BCUT2D eigenvalue weighted by molar-refractivity contribution is 7.98. The predicted octanol–water partition coefficient (Wildman–Crippen LogP) is 4.34. The molecule has 0 saturated carbocycles. The maximum atomic E-state index is 12.3. The van der Waals surface area contributed by atoms with Crippen molar-refractivity contribution in [1.29, 1.82) is 0 Å². The summed E-state index contributed by atoms with van der Waals surface area (Å²) in [5, 5.41) is 0.744. The van der Waals surface area contributed by atoms with E-state index in [4.69, 9.17) is 0 Å². The van der Waals surface area contributed by atoms with Gasteiger partial charge in [0.2, 0.25) is 5.91 Å². The van der Waals surface area contributed by atoms with Crippen molar-refractivity contribution in [1.82, 2.24) is 20.8 Å². The van der Waals surface area contributed by atoms with Crippen LogP contribution in [0.5, 0.6) is 0 Å². The Morgan fingerprint density at radius 1 is 0.844 bits per heavy atom. The van der Waals surface area contributed by atoms with Crippen molar-refractivity contribution in [3.8, 4) is 0 Å². The number of rotatable bonds is 8. The Hall–Kier alpha value is -3.19. The summed E-state index contributed by atoms with van der Waals surface area (Å²) < 4.78 is 0. The molecule has 0 fully saturated rings. The van der Waals surface area contributed by atoms with Crippen molar-refractivity contribution in [3.05, 3.63) is 88.2 Å². The number of amides is 2. The van der Waals surface area contributed by atoms with Crippen LogP contribution in [0.2, 0.25) is 0 Å². The van der Waals surface area contributed by atoms with Crippen molar-refractivity contribution in [2.24, 2.45) is 0 Å². The number of hydrazine groups is 1. The Kier molecular flexibility index (Phi) is 8.39. The van der Waals surface area contributed by atoms with Gasteiger partial charge in [-0.2, -0.15) is 0 Å². The van der Waals surface area contributed by atoms with E-state index in [0.717, 1.165) is 34.1 Å². The summed E-state index contributed by atoms with van der Waals surface area (Å²) in [7, 11) is 0.